The first-order valence-electron chi connectivity index (χ1n) is 8.62. The highest BCUT2D eigenvalue weighted by molar-refractivity contribution is 6.30. The molecule has 5 nitrogen and oxygen atoms in total. The van der Waals surface area contributed by atoms with Crippen molar-refractivity contribution < 1.29 is 14.3 Å². The fourth-order valence-electron chi connectivity index (χ4n) is 2.83. The van der Waals surface area contributed by atoms with Gasteiger partial charge in [0.1, 0.15) is 6.04 Å². The number of rotatable bonds is 6. The molecule has 2 N–H and O–H groups in total. The van der Waals surface area contributed by atoms with E-state index in [9.17, 15) is 9.59 Å². The van der Waals surface area contributed by atoms with Gasteiger partial charge >= 0.3 is 5.97 Å². The van der Waals surface area contributed by atoms with Gasteiger partial charge in [0.25, 0.3) is 5.91 Å². The summed E-state index contributed by atoms with van der Waals surface area (Å²) in [6.07, 6.45) is 0. The number of nitrogens with one attached hydrogen (secondary N) is 2. The molecule has 6 heteroatoms. The fraction of sp³-hybridized carbons (Fsp3) is 0.300. The van der Waals surface area contributed by atoms with E-state index in [1.165, 1.54) is 0 Å². The van der Waals surface area contributed by atoms with E-state index in [0.29, 0.717) is 30.3 Å². The number of hydrogen-bond acceptors (Lipinski definition) is 4. The van der Waals surface area contributed by atoms with Crippen molar-refractivity contribution in [3.05, 3.63) is 59.1 Å². The summed E-state index contributed by atoms with van der Waals surface area (Å²) in [5.41, 5.74) is 2.51. The van der Waals surface area contributed by atoms with Crippen molar-refractivity contribution in [1.82, 2.24) is 10.6 Å². The number of halogens is 1. The van der Waals surface area contributed by atoms with Gasteiger partial charge in [0.15, 0.2) is 0 Å². The topological polar surface area (TPSA) is 67.4 Å². The van der Waals surface area contributed by atoms with Crippen LogP contribution in [0.25, 0.3) is 11.1 Å². The van der Waals surface area contributed by atoms with E-state index in [4.69, 9.17) is 16.3 Å². The van der Waals surface area contributed by atoms with Crippen LogP contribution in [0.5, 0.6) is 0 Å². The van der Waals surface area contributed by atoms with Crippen molar-refractivity contribution in [2.24, 2.45) is 5.92 Å². The van der Waals surface area contributed by atoms with Gasteiger partial charge < -0.3 is 15.4 Å². The van der Waals surface area contributed by atoms with Crippen molar-refractivity contribution in [3.8, 4) is 11.1 Å². The van der Waals surface area contributed by atoms with E-state index in [1.54, 1.807) is 19.1 Å². The van der Waals surface area contributed by atoms with Crippen LogP contribution >= 0.6 is 11.6 Å². The molecule has 1 saturated heterocycles. The van der Waals surface area contributed by atoms with Crippen LogP contribution < -0.4 is 10.6 Å². The van der Waals surface area contributed by atoms with Crippen LogP contribution in [0.4, 0.5) is 0 Å². The standard InChI is InChI=1S/C20H21ClN2O3/c1-2-26-20(25)18(16-11-22-12-16)23-19(24)15-5-3-13(4-6-15)14-7-9-17(21)10-8-14/h3-10,16,18,22H,2,11-12H2,1H3,(H,23,24). The number of amides is 1. The Labute approximate surface area is 157 Å². The third-order valence-electron chi connectivity index (χ3n) is 4.44. The molecule has 1 atom stereocenters. The molecule has 136 valence electrons. The first-order chi connectivity index (χ1) is 12.6. The van der Waals surface area contributed by atoms with Crippen LogP contribution in [-0.4, -0.2) is 37.6 Å². The Kier molecular flexibility index (Phi) is 5.91. The predicted octanol–water partition coefficient (Wildman–Crippen LogP) is 2.89. The van der Waals surface area contributed by atoms with Gasteiger partial charge in [-0.3, -0.25) is 4.79 Å². The van der Waals surface area contributed by atoms with Crippen molar-refractivity contribution in [1.29, 1.82) is 0 Å². The van der Waals surface area contributed by atoms with Gasteiger partial charge in [0.2, 0.25) is 0 Å². The third kappa shape index (κ3) is 4.23. The Morgan fingerprint density at radius 2 is 1.69 bits per heavy atom. The van der Waals surface area contributed by atoms with Crippen LogP contribution in [-0.2, 0) is 9.53 Å². The minimum absolute atomic E-state index is 0.0614. The molecule has 0 saturated carbocycles. The summed E-state index contributed by atoms with van der Waals surface area (Å²) in [6, 6.07) is 14.1. The van der Waals surface area contributed by atoms with E-state index in [-0.39, 0.29) is 17.8 Å². The van der Waals surface area contributed by atoms with Crippen molar-refractivity contribution >= 4 is 23.5 Å². The molecule has 2 aromatic rings. The van der Waals surface area contributed by atoms with Crippen molar-refractivity contribution in [3.63, 3.8) is 0 Å². The molecule has 1 aliphatic heterocycles. The maximum atomic E-state index is 12.5. The molecule has 0 aliphatic carbocycles. The molecule has 0 aromatic heterocycles. The Morgan fingerprint density at radius 1 is 1.12 bits per heavy atom. The molecule has 0 spiro atoms. The lowest BCUT2D eigenvalue weighted by molar-refractivity contribution is -0.147. The summed E-state index contributed by atoms with van der Waals surface area (Å²) in [5.74, 6) is -0.603. The smallest absolute Gasteiger partial charge is 0.329 e. The van der Waals surface area contributed by atoms with Gasteiger partial charge in [-0.2, -0.15) is 0 Å². The highest BCUT2D eigenvalue weighted by atomic mass is 35.5. The zero-order valence-corrected chi connectivity index (χ0v) is 15.3. The van der Waals surface area contributed by atoms with E-state index in [2.05, 4.69) is 10.6 Å². The fourth-order valence-corrected chi connectivity index (χ4v) is 2.95. The number of benzene rings is 2. The summed E-state index contributed by atoms with van der Waals surface area (Å²) in [4.78, 5) is 24.7. The summed E-state index contributed by atoms with van der Waals surface area (Å²) >= 11 is 5.91. The molecule has 3 rings (SSSR count). The minimum Gasteiger partial charge on any atom is -0.464 e. The molecular formula is C20H21ClN2O3. The van der Waals surface area contributed by atoms with Gasteiger partial charge in [-0.05, 0) is 42.3 Å². The van der Waals surface area contributed by atoms with Crippen LogP contribution in [0.15, 0.2) is 48.5 Å². The molecular weight excluding hydrogens is 352 g/mol. The first kappa shape index (κ1) is 18.4. The SMILES string of the molecule is CCOC(=O)C(NC(=O)c1ccc(-c2ccc(Cl)cc2)cc1)C1CNC1. The Bertz CT molecular complexity index is 771. The minimum atomic E-state index is -0.625. The number of carbonyl (C=O) groups is 2. The maximum absolute atomic E-state index is 12.5. The molecule has 1 aliphatic rings. The first-order valence-corrected chi connectivity index (χ1v) is 9.00. The van der Waals surface area contributed by atoms with Crippen molar-refractivity contribution in [2.45, 2.75) is 13.0 Å². The zero-order valence-electron chi connectivity index (χ0n) is 14.5. The van der Waals surface area contributed by atoms with Crippen LogP contribution in [0, 0.1) is 5.92 Å². The summed E-state index contributed by atoms with van der Waals surface area (Å²) in [6.45, 7) is 3.44. The molecule has 0 bridgehead atoms. The molecule has 1 heterocycles. The third-order valence-corrected chi connectivity index (χ3v) is 4.69. The van der Waals surface area contributed by atoms with Crippen LogP contribution in [0.3, 0.4) is 0 Å². The van der Waals surface area contributed by atoms with E-state index in [1.807, 2.05) is 36.4 Å². The zero-order chi connectivity index (χ0) is 18.5. The van der Waals surface area contributed by atoms with Gasteiger partial charge in [-0.15, -0.1) is 0 Å². The van der Waals surface area contributed by atoms with Gasteiger partial charge in [-0.25, -0.2) is 4.79 Å². The van der Waals surface area contributed by atoms with Crippen molar-refractivity contribution in [2.75, 3.05) is 19.7 Å². The highest BCUT2D eigenvalue weighted by Gasteiger charge is 2.35. The lowest BCUT2D eigenvalue weighted by Gasteiger charge is -2.33. The van der Waals surface area contributed by atoms with E-state index >= 15 is 0 Å². The molecule has 2 aromatic carbocycles. The van der Waals surface area contributed by atoms with Crippen LogP contribution in [0.1, 0.15) is 17.3 Å². The lowest BCUT2D eigenvalue weighted by atomic mass is 9.93. The average molecular weight is 373 g/mol. The molecule has 1 fully saturated rings. The molecule has 26 heavy (non-hydrogen) atoms. The second kappa shape index (κ2) is 8.34. The number of hydrogen-bond donors (Lipinski definition) is 2. The summed E-state index contributed by atoms with van der Waals surface area (Å²) < 4.78 is 5.09. The quantitative estimate of drug-likeness (QED) is 0.765. The van der Waals surface area contributed by atoms with Gasteiger partial charge in [-0.1, -0.05) is 35.9 Å². The Balaban J connectivity index is 1.70. The molecule has 1 amide bonds. The normalized spacial score (nSPS) is 15.0. The Hall–Kier alpha value is -2.37. The number of esters is 1. The largest absolute Gasteiger partial charge is 0.464 e. The van der Waals surface area contributed by atoms with Gasteiger partial charge in [0, 0.05) is 29.6 Å². The van der Waals surface area contributed by atoms with E-state index < -0.39 is 6.04 Å². The second-order valence-electron chi connectivity index (χ2n) is 6.21. The lowest BCUT2D eigenvalue weighted by Crippen LogP contribution is -2.58. The predicted molar refractivity (Wildman–Crippen MR) is 101 cm³/mol. The summed E-state index contributed by atoms with van der Waals surface area (Å²) in [5, 5.41) is 6.61. The summed E-state index contributed by atoms with van der Waals surface area (Å²) in [7, 11) is 0. The average Bonchev–Trinajstić information content (AvgIpc) is 2.60. The molecule has 1 unspecified atom stereocenters. The molecule has 0 radical (unpaired) electrons. The monoisotopic (exact) mass is 372 g/mol. The van der Waals surface area contributed by atoms with Crippen LogP contribution in [0.2, 0.25) is 5.02 Å². The van der Waals surface area contributed by atoms with Gasteiger partial charge in [0.05, 0.1) is 6.61 Å². The van der Waals surface area contributed by atoms with E-state index in [0.717, 1.165) is 11.1 Å². The number of carbonyl (C=O) groups excluding carboxylic acids is 2. The maximum Gasteiger partial charge on any atom is 0.329 e. The second-order valence-corrected chi connectivity index (χ2v) is 6.64. The number of ether oxygens (including phenoxy) is 1. The Morgan fingerprint density at radius 3 is 2.19 bits per heavy atom. The highest BCUT2D eigenvalue weighted by Crippen LogP contribution is 2.22.